The summed E-state index contributed by atoms with van der Waals surface area (Å²) >= 11 is 0. The Morgan fingerprint density at radius 3 is 2.26 bits per heavy atom. The molecule has 2 heterocycles. The maximum atomic E-state index is 11.2. The predicted molar refractivity (Wildman–Crippen MR) is 88.4 cm³/mol. The molecule has 11 heteroatoms. The lowest BCUT2D eigenvalue weighted by Crippen LogP contribution is -2.66. The lowest BCUT2D eigenvalue weighted by atomic mass is 9.92. The maximum absolute atomic E-state index is 11.2. The number of allylic oxidation sites excluding steroid dienone is 1. The highest BCUT2D eigenvalue weighted by molar-refractivity contribution is 5.73. The molecule has 0 aromatic carbocycles. The molecule has 2 aliphatic heterocycles. The number of aliphatic hydroxyl groups is 5. The number of carboxylic acids is 1. The van der Waals surface area contributed by atoms with Crippen LogP contribution in [0.3, 0.4) is 0 Å². The topological polar surface area (TPSA) is 178 Å². The number of hydrogen-bond acceptors (Lipinski definition) is 10. The van der Waals surface area contributed by atoms with Gasteiger partial charge in [-0.1, -0.05) is 6.58 Å². The Labute approximate surface area is 155 Å². The second kappa shape index (κ2) is 8.80. The first-order valence-corrected chi connectivity index (χ1v) is 8.52. The number of aliphatic carboxylic acids is 1. The van der Waals surface area contributed by atoms with Crippen LogP contribution in [-0.2, 0) is 19.0 Å². The number of rotatable bonds is 6. The van der Waals surface area contributed by atoms with Gasteiger partial charge in [-0.25, -0.2) is 4.79 Å². The van der Waals surface area contributed by atoms with Gasteiger partial charge in [0.05, 0.1) is 18.8 Å². The number of carboxylic acid groups (broad SMARTS) is 1. The first-order valence-electron chi connectivity index (χ1n) is 8.52. The van der Waals surface area contributed by atoms with Gasteiger partial charge >= 0.3 is 5.97 Å². The summed E-state index contributed by atoms with van der Waals surface area (Å²) in [6.07, 6.45) is -12.9. The van der Waals surface area contributed by atoms with Gasteiger partial charge in [-0.05, 0) is 13.8 Å². The molecule has 0 aromatic rings. The van der Waals surface area contributed by atoms with E-state index in [0.29, 0.717) is 5.70 Å². The Hall–Kier alpha value is -1.31. The van der Waals surface area contributed by atoms with E-state index in [1.54, 1.807) is 13.8 Å². The summed E-state index contributed by atoms with van der Waals surface area (Å²) in [7, 11) is 0. The van der Waals surface area contributed by atoms with Crippen LogP contribution in [0.4, 0.5) is 0 Å². The third kappa shape index (κ3) is 4.58. The molecule has 0 radical (unpaired) electrons. The smallest absolute Gasteiger partial charge is 0.335 e. The van der Waals surface area contributed by atoms with E-state index < -0.39 is 73.7 Å². The molecule has 7 unspecified atom stereocenters. The van der Waals surface area contributed by atoms with Crippen molar-refractivity contribution in [1.29, 1.82) is 0 Å². The van der Waals surface area contributed by atoms with E-state index >= 15 is 0 Å². The summed E-state index contributed by atoms with van der Waals surface area (Å²) in [5.41, 5.74) is 0.530. The number of aliphatic hydroxyl groups excluding tert-OH is 5. The van der Waals surface area contributed by atoms with Gasteiger partial charge in [-0.15, -0.1) is 0 Å². The molecule has 0 aliphatic carbocycles. The van der Waals surface area contributed by atoms with Crippen molar-refractivity contribution < 1.29 is 49.6 Å². The van der Waals surface area contributed by atoms with Crippen LogP contribution in [0.2, 0.25) is 0 Å². The fourth-order valence-electron chi connectivity index (χ4n) is 3.25. The highest BCUT2D eigenvalue weighted by atomic mass is 16.7. The molecule has 7 N–H and O–H groups in total. The molecule has 0 bridgehead atoms. The van der Waals surface area contributed by atoms with Gasteiger partial charge in [-0.3, -0.25) is 0 Å². The number of hydrogen-bond donors (Lipinski definition) is 7. The third-order valence-corrected chi connectivity index (χ3v) is 4.66. The first-order chi connectivity index (χ1) is 12.6. The summed E-state index contributed by atoms with van der Waals surface area (Å²) in [5, 5.41) is 61.8. The van der Waals surface area contributed by atoms with Crippen LogP contribution in [0.5, 0.6) is 0 Å². The zero-order valence-electron chi connectivity index (χ0n) is 15.0. The standard InChI is InChI=1S/C16H27NO10/c1-5(2)17-8-6(3)25-7(4-18)9(19)13(8)26-16-12(22)10(20)11(21)14(27-16)15(23)24/h6-14,16-22H,1,4H2,2-3H3,(H,23,24)/t6?,7?,8-,9?,10+,11?,12+,13?,14?,16?/m1/s1. The van der Waals surface area contributed by atoms with Crippen LogP contribution in [0.15, 0.2) is 12.3 Å². The second-order valence-electron chi connectivity index (χ2n) is 6.84. The highest BCUT2D eigenvalue weighted by Gasteiger charge is 2.51. The van der Waals surface area contributed by atoms with Crippen molar-refractivity contribution in [2.75, 3.05) is 6.61 Å². The zero-order chi connectivity index (χ0) is 20.5. The Kier molecular flexibility index (Phi) is 7.16. The molecule has 156 valence electrons. The minimum atomic E-state index is -1.86. The summed E-state index contributed by atoms with van der Waals surface area (Å²) in [6.45, 7) is 6.55. The fraction of sp³-hybridized carbons (Fsp3) is 0.812. The SMILES string of the molecule is C=C(C)N[C@@H]1C(C)OC(CO)C(O)C1OC1OC(C(=O)O)C(O)[C@H](O)[C@@H]1O. The molecular weight excluding hydrogens is 366 g/mol. The van der Waals surface area contributed by atoms with E-state index in [1.807, 2.05) is 0 Å². The van der Waals surface area contributed by atoms with Gasteiger partial charge < -0.3 is 50.2 Å². The van der Waals surface area contributed by atoms with E-state index in [1.165, 1.54) is 0 Å². The van der Waals surface area contributed by atoms with Gasteiger partial charge in [0.1, 0.15) is 36.6 Å². The van der Waals surface area contributed by atoms with E-state index in [2.05, 4.69) is 11.9 Å². The van der Waals surface area contributed by atoms with Crippen molar-refractivity contribution in [3.05, 3.63) is 12.3 Å². The molecule has 0 spiro atoms. The van der Waals surface area contributed by atoms with Crippen LogP contribution >= 0.6 is 0 Å². The van der Waals surface area contributed by atoms with Crippen LogP contribution in [0, 0.1) is 0 Å². The van der Waals surface area contributed by atoms with Crippen molar-refractivity contribution >= 4 is 5.97 Å². The molecule has 2 saturated heterocycles. The van der Waals surface area contributed by atoms with E-state index in [9.17, 15) is 30.3 Å². The molecule has 0 saturated carbocycles. The molecule has 27 heavy (non-hydrogen) atoms. The van der Waals surface area contributed by atoms with Gasteiger partial charge in [0.15, 0.2) is 12.4 Å². The van der Waals surface area contributed by atoms with Gasteiger partial charge in [0.25, 0.3) is 0 Å². The monoisotopic (exact) mass is 393 g/mol. The van der Waals surface area contributed by atoms with Crippen molar-refractivity contribution in [2.24, 2.45) is 0 Å². The van der Waals surface area contributed by atoms with Crippen LogP contribution in [0.1, 0.15) is 13.8 Å². The average Bonchev–Trinajstić information content (AvgIpc) is 2.60. The normalized spacial score (nSPS) is 45.3. The lowest BCUT2D eigenvalue weighted by molar-refractivity contribution is -0.325. The predicted octanol–water partition coefficient (Wildman–Crippen LogP) is -3.10. The molecular formula is C16H27NO10. The average molecular weight is 393 g/mol. The minimum absolute atomic E-state index is 0.502. The third-order valence-electron chi connectivity index (χ3n) is 4.66. The largest absolute Gasteiger partial charge is 0.479 e. The Balaban J connectivity index is 2.25. The van der Waals surface area contributed by atoms with Crippen molar-refractivity contribution in [3.63, 3.8) is 0 Å². The number of ether oxygens (including phenoxy) is 3. The molecule has 0 aromatic heterocycles. The molecule has 2 aliphatic rings. The number of nitrogens with one attached hydrogen (secondary N) is 1. The lowest BCUT2D eigenvalue weighted by Gasteiger charge is -2.47. The van der Waals surface area contributed by atoms with E-state index in [-0.39, 0.29) is 0 Å². The number of carbonyl (C=O) groups is 1. The summed E-state index contributed by atoms with van der Waals surface area (Å²) < 4.78 is 16.3. The molecule has 2 fully saturated rings. The highest BCUT2D eigenvalue weighted by Crippen LogP contribution is 2.29. The quantitative estimate of drug-likeness (QED) is 0.243. The van der Waals surface area contributed by atoms with Crippen molar-refractivity contribution in [1.82, 2.24) is 5.32 Å². The van der Waals surface area contributed by atoms with Crippen molar-refractivity contribution in [2.45, 2.75) is 75.0 Å². The Morgan fingerprint density at radius 1 is 1.11 bits per heavy atom. The molecule has 10 atom stereocenters. The fourth-order valence-corrected chi connectivity index (χ4v) is 3.25. The van der Waals surface area contributed by atoms with Gasteiger partial charge in [-0.2, -0.15) is 0 Å². The summed E-state index contributed by atoms with van der Waals surface area (Å²) in [5.74, 6) is -1.55. The van der Waals surface area contributed by atoms with Gasteiger partial charge in [0, 0.05) is 5.70 Å². The minimum Gasteiger partial charge on any atom is -0.479 e. The summed E-state index contributed by atoms with van der Waals surface area (Å²) in [4.78, 5) is 11.2. The molecule has 0 amide bonds. The maximum Gasteiger partial charge on any atom is 0.335 e. The summed E-state index contributed by atoms with van der Waals surface area (Å²) in [6, 6.07) is -0.677. The Morgan fingerprint density at radius 2 is 1.74 bits per heavy atom. The molecule has 2 rings (SSSR count). The Bertz CT molecular complexity index is 545. The van der Waals surface area contributed by atoms with Crippen LogP contribution < -0.4 is 5.32 Å². The first kappa shape index (κ1) is 22.0. The van der Waals surface area contributed by atoms with Crippen LogP contribution in [-0.4, -0.2) is 104 Å². The van der Waals surface area contributed by atoms with Crippen molar-refractivity contribution in [3.8, 4) is 0 Å². The zero-order valence-corrected chi connectivity index (χ0v) is 15.0. The van der Waals surface area contributed by atoms with E-state index in [0.717, 1.165) is 0 Å². The second-order valence-corrected chi connectivity index (χ2v) is 6.84. The van der Waals surface area contributed by atoms with Crippen LogP contribution in [0.25, 0.3) is 0 Å². The van der Waals surface area contributed by atoms with E-state index in [4.69, 9.17) is 19.3 Å². The van der Waals surface area contributed by atoms with Gasteiger partial charge in [0.2, 0.25) is 0 Å². The molecule has 11 nitrogen and oxygen atoms in total.